The van der Waals surface area contributed by atoms with Crippen molar-refractivity contribution >= 4 is 21.6 Å². The Labute approximate surface area is 122 Å². The minimum atomic E-state index is -4.40. The van der Waals surface area contributed by atoms with Gasteiger partial charge < -0.3 is 5.32 Å². The summed E-state index contributed by atoms with van der Waals surface area (Å²) in [5.74, 6) is 0. The third kappa shape index (κ3) is 3.15. The van der Waals surface area contributed by atoms with Crippen LogP contribution in [0.15, 0.2) is 22.7 Å². The smallest absolute Gasteiger partial charge is 0.380 e. The molecule has 0 aliphatic carbocycles. The molecule has 3 nitrogen and oxygen atoms in total. The lowest BCUT2D eigenvalue weighted by atomic mass is 10.1. The van der Waals surface area contributed by atoms with Crippen molar-refractivity contribution in [2.45, 2.75) is 26.6 Å². The van der Waals surface area contributed by atoms with Gasteiger partial charge in [0, 0.05) is 28.0 Å². The minimum absolute atomic E-state index is 0.0562. The van der Waals surface area contributed by atoms with Gasteiger partial charge in [0.2, 0.25) is 0 Å². The van der Waals surface area contributed by atoms with Crippen LogP contribution < -0.4 is 5.32 Å². The fourth-order valence-electron chi connectivity index (χ4n) is 1.92. The molecule has 0 aliphatic rings. The summed E-state index contributed by atoms with van der Waals surface area (Å²) < 4.78 is 39.3. The third-order valence-corrected chi connectivity index (χ3v) is 3.52. The molecule has 0 atom stereocenters. The summed E-state index contributed by atoms with van der Waals surface area (Å²) in [6.45, 7) is 3.94. The molecule has 0 saturated carbocycles. The highest BCUT2D eigenvalue weighted by Gasteiger charge is 2.33. The topological polar surface area (TPSA) is 40.7 Å². The van der Waals surface area contributed by atoms with E-state index in [9.17, 15) is 13.2 Å². The van der Waals surface area contributed by atoms with Gasteiger partial charge in [-0.1, -0.05) is 15.9 Å². The van der Waals surface area contributed by atoms with Gasteiger partial charge in [0.1, 0.15) is 0 Å². The second kappa shape index (κ2) is 5.47. The van der Waals surface area contributed by atoms with E-state index in [1.165, 1.54) is 6.07 Å². The Morgan fingerprint density at radius 2 is 2.00 bits per heavy atom. The van der Waals surface area contributed by atoms with Crippen molar-refractivity contribution < 1.29 is 13.2 Å². The largest absolute Gasteiger partial charge is 0.418 e. The first-order chi connectivity index (χ1) is 9.29. The lowest BCUT2D eigenvalue weighted by Gasteiger charge is -2.15. The lowest BCUT2D eigenvalue weighted by Crippen LogP contribution is -2.11. The summed E-state index contributed by atoms with van der Waals surface area (Å²) in [6.07, 6.45) is -4.40. The van der Waals surface area contributed by atoms with Crippen LogP contribution in [0.2, 0.25) is 0 Å². The molecule has 0 aliphatic heterocycles. The zero-order valence-corrected chi connectivity index (χ0v) is 12.5. The minimum Gasteiger partial charge on any atom is -0.380 e. The molecule has 0 saturated heterocycles. The second-order valence-electron chi connectivity index (χ2n) is 4.45. The number of nitrogens with one attached hydrogen (secondary N) is 2. The Morgan fingerprint density at radius 1 is 1.30 bits per heavy atom. The number of hydrogen-bond acceptors (Lipinski definition) is 2. The highest BCUT2D eigenvalue weighted by atomic mass is 79.9. The molecule has 108 valence electrons. The summed E-state index contributed by atoms with van der Waals surface area (Å²) in [7, 11) is 0. The SMILES string of the molecule is Cc1n[nH]c(C)c1CNc1ccc(Br)cc1C(F)(F)F. The van der Waals surface area contributed by atoms with Gasteiger partial charge in [0.05, 0.1) is 11.3 Å². The maximum Gasteiger partial charge on any atom is 0.418 e. The summed E-state index contributed by atoms with van der Waals surface area (Å²) in [5.41, 5.74) is 1.87. The van der Waals surface area contributed by atoms with Crippen LogP contribution in [0.3, 0.4) is 0 Å². The number of H-pyrrole nitrogens is 1. The number of aromatic nitrogens is 2. The number of halogens is 4. The van der Waals surface area contributed by atoms with Crippen LogP contribution in [0.1, 0.15) is 22.5 Å². The van der Waals surface area contributed by atoms with Crippen LogP contribution in [-0.2, 0) is 12.7 Å². The molecular formula is C13H13BrF3N3. The molecule has 1 heterocycles. The third-order valence-electron chi connectivity index (χ3n) is 3.02. The van der Waals surface area contributed by atoms with Crippen LogP contribution in [0.5, 0.6) is 0 Å². The quantitative estimate of drug-likeness (QED) is 0.862. The van der Waals surface area contributed by atoms with Gasteiger partial charge in [0.25, 0.3) is 0 Å². The van der Waals surface area contributed by atoms with E-state index < -0.39 is 11.7 Å². The van der Waals surface area contributed by atoms with E-state index >= 15 is 0 Å². The number of aryl methyl sites for hydroxylation is 2. The number of benzene rings is 1. The number of aromatic amines is 1. The summed E-state index contributed by atoms with van der Waals surface area (Å²) in [6, 6.07) is 4.06. The first-order valence-electron chi connectivity index (χ1n) is 5.90. The molecule has 2 N–H and O–H groups in total. The van der Waals surface area contributed by atoms with E-state index in [0.29, 0.717) is 11.0 Å². The molecule has 2 rings (SSSR count). The Balaban J connectivity index is 2.26. The maximum atomic E-state index is 13.0. The van der Waals surface area contributed by atoms with Crippen molar-refractivity contribution in [3.05, 3.63) is 45.2 Å². The number of hydrogen-bond donors (Lipinski definition) is 2. The molecule has 0 unspecified atom stereocenters. The van der Waals surface area contributed by atoms with E-state index in [2.05, 4.69) is 31.4 Å². The van der Waals surface area contributed by atoms with Gasteiger partial charge in [-0.3, -0.25) is 5.10 Å². The van der Waals surface area contributed by atoms with E-state index in [0.717, 1.165) is 23.0 Å². The molecule has 7 heteroatoms. The van der Waals surface area contributed by atoms with Gasteiger partial charge in [-0.15, -0.1) is 0 Å². The summed E-state index contributed by atoms with van der Waals surface area (Å²) >= 11 is 3.06. The van der Waals surface area contributed by atoms with Gasteiger partial charge in [-0.05, 0) is 32.0 Å². The van der Waals surface area contributed by atoms with Gasteiger partial charge in [-0.2, -0.15) is 18.3 Å². The molecule has 20 heavy (non-hydrogen) atoms. The van der Waals surface area contributed by atoms with E-state index in [-0.39, 0.29) is 5.69 Å². The van der Waals surface area contributed by atoms with Crippen molar-refractivity contribution in [2.75, 3.05) is 5.32 Å². The maximum absolute atomic E-state index is 13.0. The average molecular weight is 348 g/mol. The van der Waals surface area contributed by atoms with Crippen LogP contribution in [0, 0.1) is 13.8 Å². The summed E-state index contributed by atoms with van der Waals surface area (Å²) in [5, 5.41) is 9.66. The van der Waals surface area contributed by atoms with Gasteiger partial charge in [-0.25, -0.2) is 0 Å². The van der Waals surface area contributed by atoms with Crippen molar-refractivity contribution in [3.63, 3.8) is 0 Å². The lowest BCUT2D eigenvalue weighted by molar-refractivity contribution is -0.137. The molecular weight excluding hydrogens is 335 g/mol. The normalized spacial score (nSPS) is 11.7. The van der Waals surface area contributed by atoms with Crippen molar-refractivity contribution in [2.24, 2.45) is 0 Å². The molecule has 0 radical (unpaired) electrons. The molecule has 1 aromatic heterocycles. The van der Waals surface area contributed by atoms with Gasteiger partial charge in [0.15, 0.2) is 0 Å². The van der Waals surface area contributed by atoms with Crippen LogP contribution in [0.4, 0.5) is 18.9 Å². The predicted molar refractivity (Wildman–Crippen MR) is 74.5 cm³/mol. The van der Waals surface area contributed by atoms with Crippen molar-refractivity contribution in [3.8, 4) is 0 Å². The number of alkyl halides is 3. The standard InChI is InChI=1S/C13H13BrF3N3/c1-7-10(8(2)20-19-7)6-18-12-4-3-9(14)5-11(12)13(15,16)17/h3-5,18H,6H2,1-2H3,(H,19,20). The molecule has 2 aromatic rings. The first kappa shape index (κ1) is 14.9. The van der Waals surface area contributed by atoms with Crippen molar-refractivity contribution in [1.82, 2.24) is 10.2 Å². The highest BCUT2D eigenvalue weighted by molar-refractivity contribution is 9.10. The van der Waals surface area contributed by atoms with Crippen molar-refractivity contribution in [1.29, 1.82) is 0 Å². The zero-order chi connectivity index (χ0) is 14.9. The van der Waals surface area contributed by atoms with E-state index in [1.54, 1.807) is 6.07 Å². The fourth-order valence-corrected chi connectivity index (χ4v) is 2.28. The predicted octanol–water partition coefficient (Wildman–Crippen LogP) is 4.42. The van der Waals surface area contributed by atoms with Crippen LogP contribution in [0.25, 0.3) is 0 Å². The number of nitrogens with zero attached hydrogens (tertiary/aromatic N) is 1. The van der Waals surface area contributed by atoms with E-state index in [4.69, 9.17) is 0 Å². The van der Waals surface area contributed by atoms with Crippen LogP contribution >= 0.6 is 15.9 Å². The molecule has 0 spiro atoms. The van der Waals surface area contributed by atoms with E-state index in [1.807, 2.05) is 13.8 Å². The molecule has 0 amide bonds. The number of rotatable bonds is 3. The Kier molecular flexibility index (Phi) is 4.08. The fraction of sp³-hybridized carbons (Fsp3) is 0.308. The molecule has 0 bridgehead atoms. The second-order valence-corrected chi connectivity index (χ2v) is 5.37. The zero-order valence-electron chi connectivity index (χ0n) is 10.9. The van der Waals surface area contributed by atoms with Gasteiger partial charge >= 0.3 is 6.18 Å². The first-order valence-corrected chi connectivity index (χ1v) is 6.69. The Bertz CT molecular complexity index is 600. The number of anilines is 1. The highest BCUT2D eigenvalue weighted by Crippen LogP contribution is 2.36. The Morgan fingerprint density at radius 3 is 2.55 bits per heavy atom. The van der Waals surface area contributed by atoms with Crippen LogP contribution in [-0.4, -0.2) is 10.2 Å². The Hall–Kier alpha value is -1.50. The summed E-state index contributed by atoms with van der Waals surface area (Å²) in [4.78, 5) is 0. The average Bonchev–Trinajstić information content (AvgIpc) is 2.67. The monoisotopic (exact) mass is 347 g/mol. The molecule has 1 aromatic carbocycles. The molecule has 0 fully saturated rings.